The molecule has 1 aromatic heterocycles. The van der Waals surface area contributed by atoms with E-state index in [4.69, 9.17) is 11.6 Å². The molecule has 1 amide bonds. The summed E-state index contributed by atoms with van der Waals surface area (Å²) >= 11 is 5.66. The first kappa shape index (κ1) is 18.3. The predicted molar refractivity (Wildman–Crippen MR) is 73.2 cm³/mol. The minimum atomic E-state index is -4.91. The number of halogens is 7. The van der Waals surface area contributed by atoms with Crippen LogP contribution in [0.25, 0.3) is 0 Å². The second-order valence-corrected chi connectivity index (χ2v) is 5.73. The summed E-state index contributed by atoms with van der Waals surface area (Å²) in [6.45, 7) is 0. The third-order valence-corrected chi connectivity index (χ3v) is 3.56. The van der Waals surface area contributed by atoms with Gasteiger partial charge >= 0.3 is 18.4 Å². The second-order valence-electron chi connectivity index (χ2n) is 4.15. The molecule has 2 rings (SSSR count). The third-order valence-electron chi connectivity index (χ3n) is 2.48. The molecule has 0 unspecified atom stereocenters. The Bertz CT molecular complexity index is 759. The molecule has 0 aliphatic carbocycles. The van der Waals surface area contributed by atoms with Crippen molar-refractivity contribution in [1.29, 1.82) is 0 Å². The summed E-state index contributed by atoms with van der Waals surface area (Å²) in [5.41, 5.74) is -2.72. The van der Waals surface area contributed by atoms with Gasteiger partial charge in [-0.3, -0.25) is 5.32 Å². The molecule has 0 spiro atoms. The molecule has 1 aromatic carbocycles. The van der Waals surface area contributed by atoms with Crippen LogP contribution >= 0.6 is 22.9 Å². The molecule has 0 fully saturated rings. The minimum absolute atomic E-state index is 0.290. The van der Waals surface area contributed by atoms with Gasteiger partial charge in [-0.2, -0.15) is 26.3 Å². The fourth-order valence-electron chi connectivity index (χ4n) is 1.58. The summed E-state index contributed by atoms with van der Waals surface area (Å²) in [4.78, 5) is 14.6. The Morgan fingerprint density at radius 1 is 1.12 bits per heavy atom. The lowest BCUT2D eigenvalue weighted by molar-refractivity contribution is -0.140. The lowest BCUT2D eigenvalue weighted by Crippen LogP contribution is -2.20. The molecule has 1 heterocycles. The Kier molecular flexibility index (Phi) is 4.95. The first-order chi connectivity index (χ1) is 11.0. The molecular weight excluding hydrogens is 386 g/mol. The summed E-state index contributed by atoms with van der Waals surface area (Å²) in [5, 5.41) is 0.898. The van der Waals surface area contributed by atoms with Crippen molar-refractivity contribution in [2.75, 3.05) is 5.32 Å². The second kappa shape index (κ2) is 6.48. The average molecular weight is 391 g/mol. The first-order valence-electron chi connectivity index (χ1n) is 5.87. The third kappa shape index (κ3) is 4.29. The number of hydrogen-bond acceptors (Lipinski definition) is 4. The maximum atomic E-state index is 12.8. The number of rotatable bonds is 2. The molecule has 0 bridgehead atoms. The van der Waals surface area contributed by atoms with Crippen molar-refractivity contribution >= 4 is 34.0 Å². The quantitative estimate of drug-likeness (QED) is 0.694. The highest BCUT2D eigenvalue weighted by Gasteiger charge is 2.39. The van der Waals surface area contributed by atoms with E-state index in [0.29, 0.717) is 17.4 Å². The van der Waals surface area contributed by atoms with Gasteiger partial charge in [-0.15, -0.1) is 0 Å². The Hall–Kier alpha value is -2.01. The minimum Gasteiger partial charge on any atom is -0.409 e. The summed E-state index contributed by atoms with van der Waals surface area (Å²) in [7, 11) is 0. The van der Waals surface area contributed by atoms with Crippen LogP contribution in [0.1, 0.15) is 11.3 Å². The van der Waals surface area contributed by atoms with E-state index in [1.807, 2.05) is 0 Å². The van der Waals surface area contributed by atoms with Gasteiger partial charge in [-0.25, -0.2) is 9.78 Å². The fourth-order valence-corrected chi connectivity index (χ4v) is 2.59. The summed E-state index contributed by atoms with van der Waals surface area (Å²) in [6, 6.07) is 3.75. The standard InChI is InChI=1S/C12H5ClF6N2O2S/c13-9-20-7(12(17,18)19)8(24-9)21-10(22)23-6-4-2-1-3-5(6)11(14,15)16/h1-4H,(H,21,22). The number of carbonyl (C=O) groups excluding carboxylic acids is 1. The smallest absolute Gasteiger partial charge is 0.409 e. The number of aromatic nitrogens is 1. The van der Waals surface area contributed by atoms with Gasteiger partial charge in [0, 0.05) is 0 Å². The molecule has 0 radical (unpaired) electrons. The normalized spacial score (nSPS) is 12.1. The zero-order valence-electron chi connectivity index (χ0n) is 11.1. The number of benzene rings is 1. The Balaban J connectivity index is 2.22. The molecule has 0 aliphatic rings. The number of para-hydroxylation sites is 1. The van der Waals surface area contributed by atoms with Crippen molar-refractivity contribution in [3.8, 4) is 5.75 Å². The highest BCUT2D eigenvalue weighted by atomic mass is 35.5. The zero-order chi connectivity index (χ0) is 18.1. The molecule has 0 saturated heterocycles. The van der Waals surface area contributed by atoms with Crippen molar-refractivity contribution in [2.45, 2.75) is 12.4 Å². The largest absolute Gasteiger partial charge is 0.436 e. The van der Waals surface area contributed by atoms with E-state index in [-0.39, 0.29) is 0 Å². The number of anilines is 1. The van der Waals surface area contributed by atoms with Crippen LogP contribution in [-0.4, -0.2) is 11.1 Å². The van der Waals surface area contributed by atoms with E-state index >= 15 is 0 Å². The maximum Gasteiger partial charge on any atom is 0.436 e. The van der Waals surface area contributed by atoms with Crippen LogP contribution in [0.4, 0.5) is 36.1 Å². The van der Waals surface area contributed by atoms with Gasteiger partial charge in [0.2, 0.25) is 0 Å². The van der Waals surface area contributed by atoms with Crippen LogP contribution in [0.5, 0.6) is 5.75 Å². The number of alkyl halides is 6. The van der Waals surface area contributed by atoms with Crippen LogP contribution in [0, 0.1) is 0 Å². The SMILES string of the molecule is O=C(Nc1sc(Cl)nc1C(F)(F)F)Oc1ccccc1C(F)(F)F. The molecule has 0 atom stereocenters. The maximum absolute atomic E-state index is 12.8. The highest BCUT2D eigenvalue weighted by molar-refractivity contribution is 7.19. The fraction of sp³-hybridized carbons (Fsp3) is 0.167. The Labute approximate surface area is 139 Å². The summed E-state index contributed by atoms with van der Waals surface area (Å²) < 4.78 is 80.3. The van der Waals surface area contributed by atoms with Gasteiger partial charge in [0.15, 0.2) is 10.2 Å². The van der Waals surface area contributed by atoms with E-state index in [0.717, 1.165) is 12.1 Å². The lowest BCUT2D eigenvalue weighted by atomic mass is 10.2. The summed E-state index contributed by atoms with van der Waals surface area (Å²) in [5.74, 6) is -0.855. The van der Waals surface area contributed by atoms with Gasteiger partial charge in [0.25, 0.3) is 0 Å². The molecule has 2 aromatic rings. The zero-order valence-corrected chi connectivity index (χ0v) is 12.7. The topological polar surface area (TPSA) is 51.2 Å². The van der Waals surface area contributed by atoms with Crippen LogP contribution in [-0.2, 0) is 12.4 Å². The first-order valence-corrected chi connectivity index (χ1v) is 7.06. The van der Waals surface area contributed by atoms with Crippen molar-refractivity contribution in [1.82, 2.24) is 4.98 Å². The number of hydrogen-bond donors (Lipinski definition) is 1. The Morgan fingerprint density at radius 3 is 2.33 bits per heavy atom. The van der Waals surface area contributed by atoms with Gasteiger partial charge in [0.05, 0.1) is 5.56 Å². The van der Waals surface area contributed by atoms with Crippen LogP contribution in [0.3, 0.4) is 0 Å². The number of amides is 1. The van der Waals surface area contributed by atoms with Crippen molar-refractivity contribution in [3.05, 3.63) is 40.0 Å². The molecule has 1 N–H and O–H groups in total. The van der Waals surface area contributed by atoms with E-state index in [1.165, 1.54) is 6.07 Å². The summed E-state index contributed by atoms with van der Waals surface area (Å²) in [6.07, 6.45) is -11.3. The molecule has 24 heavy (non-hydrogen) atoms. The molecule has 12 heteroatoms. The molecule has 0 aliphatic heterocycles. The number of ether oxygens (including phenoxy) is 1. The van der Waals surface area contributed by atoms with Gasteiger partial charge in [0.1, 0.15) is 10.8 Å². The molecule has 130 valence electrons. The van der Waals surface area contributed by atoms with Gasteiger partial charge < -0.3 is 4.74 Å². The molecule has 0 saturated carbocycles. The highest BCUT2D eigenvalue weighted by Crippen LogP contribution is 2.40. The van der Waals surface area contributed by atoms with E-state index in [9.17, 15) is 31.1 Å². The number of thiazole rings is 1. The lowest BCUT2D eigenvalue weighted by Gasteiger charge is -2.13. The average Bonchev–Trinajstić information content (AvgIpc) is 2.78. The number of carbonyl (C=O) groups is 1. The van der Waals surface area contributed by atoms with E-state index < -0.39 is 44.9 Å². The van der Waals surface area contributed by atoms with Crippen LogP contribution < -0.4 is 10.1 Å². The molecule has 4 nitrogen and oxygen atoms in total. The van der Waals surface area contributed by atoms with E-state index in [2.05, 4.69) is 9.72 Å². The Morgan fingerprint density at radius 2 is 1.75 bits per heavy atom. The number of nitrogens with one attached hydrogen (secondary N) is 1. The predicted octanol–water partition coefficient (Wildman–Crippen LogP) is 5.45. The van der Waals surface area contributed by atoms with Gasteiger partial charge in [-0.05, 0) is 12.1 Å². The van der Waals surface area contributed by atoms with Crippen LogP contribution in [0.2, 0.25) is 4.47 Å². The van der Waals surface area contributed by atoms with E-state index in [1.54, 1.807) is 5.32 Å². The monoisotopic (exact) mass is 390 g/mol. The van der Waals surface area contributed by atoms with Crippen molar-refractivity contribution < 1.29 is 35.9 Å². The van der Waals surface area contributed by atoms with Gasteiger partial charge in [-0.1, -0.05) is 35.1 Å². The van der Waals surface area contributed by atoms with Crippen molar-refractivity contribution in [2.24, 2.45) is 0 Å². The number of nitrogens with zero attached hydrogens (tertiary/aromatic N) is 1. The molecular formula is C12H5ClF6N2O2S. The van der Waals surface area contributed by atoms with Crippen LogP contribution in [0.15, 0.2) is 24.3 Å². The van der Waals surface area contributed by atoms with Crippen molar-refractivity contribution in [3.63, 3.8) is 0 Å².